The highest BCUT2D eigenvalue weighted by atomic mass is 16.6. The fourth-order valence-electron chi connectivity index (χ4n) is 5.88. The maximum Gasteiger partial charge on any atom is 0.322 e. The van der Waals surface area contributed by atoms with Crippen LogP contribution < -0.4 is 5.32 Å². The van der Waals surface area contributed by atoms with Crippen molar-refractivity contribution in [2.75, 3.05) is 6.61 Å². The number of aliphatic hydroxyl groups is 1. The molecule has 5 unspecified atom stereocenters. The third-order valence-corrected chi connectivity index (χ3v) is 7.99. The molecular weight excluding hydrogens is 454 g/mol. The number of amides is 1. The number of esters is 1. The normalized spacial score (nSPS) is 30.3. The van der Waals surface area contributed by atoms with E-state index in [1.165, 1.54) is 0 Å². The van der Waals surface area contributed by atoms with Crippen LogP contribution in [-0.4, -0.2) is 40.7 Å². The number of ether oxygens (including phenoxy) is 1. The third-order valence-electron chi connectivity index (χ3n) is 7.99. The van der Waals surface area contributed by atoms with Gasteiger partial charge in [0.2, 0.25) is 5.91 Å². The highest BCUT2D eigenvalue weighted by Crippen LogP contribution is 2.56. The molecule has 1 saturated carbocycles. The molecule has 2 N–H and O–H groups in total. The second-order valence-electron chi connectivity index (χ2n) is 10.3. The molecule has 1 saturated heterocycles. The van der Waals surface area contributed by atoms with Crippen LogP contribution in [0.5, 0.6) is 0 Å². The number of nitriles is 1. The summed E-state index contributed by atoms with van der Waals surface area (Å²) < 4.78 is 5.68. The quantitative estimate of drug-likeness (QED) is 0.471. The van der Waals surface area contributed by atoms with Crippen LogP contribution in [0.3, 0.4) is 0 Å². The minimum absolute atomic E-state index is 0.0776. The van der Waals surface area contributed by atoms with Crippen molar-refractivity contribution in [1.82, 2.24) is 10.3 Å². The van der Waals surface area contributed by atoms with Crippen molar-refractivity contribution in [2.45, 2.75) is 46.3 Å². The number of hydrogen-bond donors (Lipinski definition) is 2. The second-order valence-corrected chi connectivity index (χ2v) is 10.3. The molecule has 2 heterocycles. The van der Waals surface area contributed by atoms with Gasteiger partial charge in [-0.25, -0.2) is 0 Å². The van der Waals surface area contributed by atoms with Crippen molar-refractivity contribution >= 4 is 18.0 Å². The van der Waals surface area contributed by atoms with E-state index in [0.717, 1.165) is 16.8 Å². The molecule has 1 aromatic heterocycles. The molecule has 1 aliphatic carbocycles. The molecule has 1 aliphatic heterocycles. The van der Waals surface area contributed by atoms with Crippen LogP contribution in [0.15, 0.2) is 48.7 Å². The number of cyclic esters (lactones) is 1. The first-order valence-corrected chi connectivity index (χ1v) is 12.5. The molecule has 2 fully saturated rings. The van der Waals surface area contributed by atoms with Crippen molar-refractivity contribution in [3.05, 3.63) is 59.9 Å². The average Bonchev–Trinajstić information content (AvgIpc) is 3.14. The fourth-order valence-corrected chi connectivity index (χ4v) is 5.88. The van der Waals surface area contributed by atoms with Crippen molar-refractivity contribution in [3.8, 4) is 17.2 Å². The zero-order valence-electron chi connectivity index (χ0n) is 21.1. The molecule has 7 atom stereocenters. The fraction of sp³-hybridized carbons (Fsp3) is 0.448. The molecule has 2 aromatic rings. The van der Waals surface area contributed by atoms with Crippen LogP contribution in [0, 0.1) is 40.4 Å². The first kappa shape index (κ1) is 25.6. The summed E-state index contributed by atoms with van der Waals surface area (Å²) in [5, 5.41) is 21.7. The Morgan fingerprint density at radius 3 is 2.72 bits per heavy atom. The number of carbonyl (C=O) groups excluding carboxylic acids is 2. The van der Waals surface area contributed by atoms with Crippen molar-refractivity contribution in [2.24, 2.45) is 29.1 Å². The number of benzene rings is 1. The van der Waals surface area contributed by atoms with Gasteiger partial charge >= 0.3 is 5.97 Å². The van der Waals surface area contributed by atoms with Crippen molar-refractivity contribution in [1.29, 1.82) is 5.26 Å². The van der Waals surface area contributed by atoms with Crippen LogP contribution in [0.25, 0.3) is 17.2 Å². The van der Waals surface area contributed by atoms with E-state index in [0.29, 0.717) is 12.0 Å². The topological polar surface area (TPSA) is 112 Å². The molecule has 0 radical (unpaired) electrons. The summed E-state index contributed by atoms with van der Waals surface area (Å²) in [6, 6.07) is 13.0. The number of nitrogens with one attached hydrogen (secondary N) is 1. The molecule has 1 amide bonds. The summed E-state index contributed by atoms with van der Waals surface area (Å²) in [4.78, 5) is 31.2. The Balaban J connectivity index is 1.64. The predicted octanol–water partition coefficient (Wildman–Crippen LogP) is 3.97. The molecule has 1 aromatic carbocycles. The lowest BCUT2D eigenvalue weighted by molar-refractivity contribution is -0.157. The monoisotopic (exact) mass is 487 g/mol. The first-order chi connectivity index (χ1) is 17.2. The number of hydrogen-bond acceptors (Lipinski definition) is 6. The Morgan fingerprint density at radius 1 is 1.31 bits per heavy atom. The van der Waals surface area contributed by atoms with Gasteiger partial charge in [-0.2, -0.15) is 5.26 Å². The summed E-state index contributed by atoms with van der Waals surface area (Å²) in [5.74, 6) is -0.896. The molecule has 4 rings (SSSR count). The van der Waals surface area contributed by atoms with E-state index < -0.39 is 23.5 Å². The van der Waals surface area contributed by atoms with Crippen LogP contribution in [0.1, 0.15) is 45.4 Å². The van der Waals surface area contributed by atoms with Gasteiger partial charge in [0.1, 0.15) is 6.10 Å². The lowest BCUT2D eigenvalue weighted by atomic mass is 9.54. The molecule has 0 spiro atoms. The van der Waals surface area contributed by atoms with Gasteiger partial charge in [-0.3, -0.25) is 14.6 Å². The van der Waals surface area contributed by atoms with Crippen molar-refractivity contribution < 1.29 is 19.4 Å². The Morgan fingerprint density at radius 2 is 2.06 bits per heavy atom. The molecule has 0 bridgehead atoms. The van der Waals surface area contributed by atoms with Crippen LogP contribution in [0.4, 0.5) is 0 Å². The second kappa shape index (κ2) is 10.2. The highest BCUT2D eigenvalue weighted by molar-refractivity contribution is 6.04. The largest absolute Gasteiger partial charge is 0.461 e. The lowest BCUT2D eigenvalue weighted by Gasteiger charge is -2.46. The maximum absolute atomic E-state index is 13.4. The number of aromatic nitrogens is 1. The number of carbonyl (C=O) groups is 2. The molecule has 7 nitrogen and oxygen atoms in total. The zero-order valence-corrected chi connectivity index (χ0v) is 21.1. The van der Waals surface area contributed by atoms with Crippen LogP contribution >= 0.6 is 0 Å². The van der Waals surface area contributed by atoms with Crippen LogP contribution in [0.2, 0.25) is 0 Å². The third kappa shape index (κ3) is 4.42. The number of aliphatic hydroxyl groups excluding tert-OH is 1. The smallest absolute Gasteiger partial charge is 0.322 e. The number of pyridine rings is 1. The molecule has 36 heavy (non-hydrogen) atoms. The molecule has 188 valence electrons. The summed E-state index contributed by atoms with van der Waals surface area (Å²) in [7, 11) is 0. The lowest BCUT2D eigenvalue weighted by Crippen LogP contribution is -2.57. The number of rotatable bonds is 6. The van der Waals surface area contributed by atoms with Gasteiger partial charge in [-0.15, -0.1) is 0 Å². The van der Waals surface area contributed by atoms with E-state index in [9.17, 15) is 20.0 Å². The van der Waals surface area contributed by atoms with Crippen LogP contribution in [-0.2, 0) is 14.3 Å². The van der Waals surface area contributed by atoms with E-state index in [1.54, 1.807) is 19.2 Å². The minimum Gasteiger partial charge on any atom is -0.461 e. The van der Waals surface area contributed by atoms with E-state index in [-0.39, 0.29) is 36.2 Å². The minimum atomic E-state index is -1.28. The van der Waals surface area contributed by atoms with E-state index in [2.05, 4.69) is 36.3 Å². The van der Waals surface area contributed by atoms with Gasteiger partial charge in [0.25, 0.3) is 0 Å². The SMILES string of the molecule is CC1C[C@@]2(C(=O)N[C@@H](C)CO)C(=O)OC(C)C2C(/C=C/c2ccc(-c3ccccc3C#N)cn2)C1C. The van der Waals surface area contributed by atoms with E-state index >= 15 is 0 Å². The molecular formula is C29H33N3O4. The summed E-state index contributed by atoms with van der Waals surface area (Å²) >= 11 is 0. The van der Waals surface area contributed by atoms with Gasteiger partial charge in [0.15, 0.2) is 5.41 Å². The van der Waals surface area contributed by atoms with Crippen molar-refractivity contribution in [3.63, 3.8) is 0 Å². The molecule has 7 heteroatoms. The standard InChI is InChI=1S/C29H33N3O4/c1-17-13-29(27(34)32-18(2)16-33)26(20(4)36-28(29)35)24(19(17)3)12-11-23-10-9-22(15-31-23)25-8-6-5-7-21(25)14-30/h5-12,15,17-20,24,26,33H,13,16H2,1-4H3,(H,32,34)/b12-11+/t17?,18-,19?,20?,24?,26?,29+/m0/s1. The van der Waals surface area contributed by atoms with E-state index in [1.807, 2.05) is 43.3 Å². The number of nitrogens with zero attached hydrogens (tertiary/aromatic N) is 2. The zero-order chi connectivity index (χ0) is 26.0. The van der Waals surface area contributed by atoms with Gasteiger partial charge in [0, 0.05) is 29.3 Å². The Labute approximate surface area is 212 Å². The Kier molecular flexibility index (Phi) is 7.28. The Bertz CT molecular complexity index is 1200. The Hall–Kier alpha value is -3.50. The summed E-state index contributed by atoms with van der Waals surface area (Å²) in [5.41, 5.74) is 1.77. The van der Waals surface area contributed by atoms with E-state index in [4.69, 9.17) is 4.74 Å². The summed E-state index contributed by atoms with van der Waals surface area (Å²) in [6.07, 6.45) is 5.76. The van der Waals surface area contributed by atoms with Gasteiger partial charge in [-0.05, 0) is 56.2 Å². The van der Waals surface area contributed by atoms with Gasteiger partial charge in [-0.1, -0.05) is 44.2 Å². The predicted molar refractivity (Wildman–Crippen MR) is 136 cm³/mol. The van der Waals surface area contributed by atoms with Gasteiger partial charge < -0.3 is 15.2 Å². The average molecular weight is 488 g/mol. The van der Waals surface area contributed by atoms with Gasteiger partial charge in [0.05, 0.1) is 23.9 Å². The number of allylic oxidation sites excluding steroid dienone is 1. The maximum atomic E-state index is 13.4. The highest BCUT2D eigenvalue weighted by Gasteiger charge is 2.66. The number of fused-ring (bicyclic) bond motifs is 1. The molecule has 2 aliphatic rings. The first-order valence-electron chi connectivity index (χ1n) is 12.5. The summed E-state index contributed by atoms with van der Waals surface area (Å²) in [6.45, 7) is 7.60.